The first-order valence-electron chi connectivity index (χ1n) is 4.38. The second kappa shape index (κ2) is 2.77. The van der Waals surface area contributed by atoms with Gasteiger partial charge in [-0.3, -0.25) is 4.98 Å². The average Bonchev–Trinajstić information content (AvgIpc) is 2.04. The van der Waals surface area contributed by atoms with Crippen LogP contribution in [-0.2, 0) is 0 Å². The van der Waals surface area contributed by atoms with E-state index in [2.05, 4.69) is 11.9 Å². The number of aromatic nitrogens is 1. The van der Waals surface area contributed by atoms with Gasteiger partial charge in [0.05, 0.1) is 0 Å². The van der Waals surface area contributed by atoms with Crippen molar-refractivity contribution in [2.75, 3.05) is 0 Å². The molecule has 0 amide bonds. The lowest BCUT2D eigenvalue weighted by atomic mass is 9.82. The van der Waals surface area contributed by atoms with E-state index in [1.165, 1.54) is 19.3 Å². The zero-order valence-electron chi connectivity index (χ0n) is 7.29. The van der Waals surface area contributed by atoms with Crippen LogP contribution >= 0.6 is 0 Å². The minimum absolute atomic E-state index is 0.0986. The highest BCUT2D eigenvalue weighted by Gasteiger charge is 2.33. The van der Waals surface area contributed by atoms with E-state index >= 15 is 0 Å². The summed E-state index contributed by atoms with van der Waals surface area (Å²) in [6.45, 7) is 2.16. The normalized spacial score (nSPS) is 19.8. The fourth-order valence-electron chi connectivity index (χ4n) is 1.47. The smallest absolute Gasteiger partial charge is 0.123 e. The van der Waals surface area contributed by atoms with E-state index in [1.54, 1.807) is 12.4 Å². The first kappa shape index (κ1) is 7.59. The molecule has 1 aromatic rings. The lowest BCUT2D eigenvalue weighted by molar-refractivity contribution is 0.0112. The van der Waals surface area contributed by atoms with Crippen molar-refractivity contribution in [3.05, 3.63) is 24.5 Å². The van der Waals surface area contributed by atoms with Gasteiger partial charge >= 0.3 is 0 Å². The zero-order chi connectivity index (χ0) is 8.44. The number of hydrogen-bond donors (Lipinski definition) is 0. The van der Waals surface area contributed by atoms with Gasteiger partial charge in [-0.15, -0.1) is 0 Å². The Morgan fingerprint density at radius 2 is 2.00 bits per heavy atom. The molecule has 2 rings (SSSR count). The first-order valence-corrected chi connectivity index (χ1v) is 4.38. The third-order valence-corrected chi connectivity index (χ3v) is 2.43. The molecule has 0 saturated heterocycles. The quantitative estimate of drug-likeness (QED) is 0.668. The van der Waals surface area contributed by atoms with Gasteiger partial charge in [0, 0.05) is 12.4 Å². The van der Waals surface area contributed by atoms with Crippen molar-refractivity contribution in [1.29, 1.82) is 0 Å². The van der Waals surface area contributed by atoms with E-state index in [4.69, 9.17) is 4.74 Å². The molecular weight excluding hydrogens is 150 g/mol. The summed E-state index contributed by atoms with van der Waals surface area (Å²) in [6, 6.07) is 3.81. The van der Waals surface area contributed by atoms with Crippen LogP contribution in [0.15, 0.2) is 24.5 Å². The van der Waals surface area contributed by atoms with E-state index in [0.717, 1.165) is 5.75 Å². The Balaban J connectivity index is 2.04. The second-order valence-corrected chi connectivity index (χ2v) is 3.59. The monoisotopic (exact) mass is 163 g/mol. The zero-order valence-corrected chi connectivity index (χ0v) is 7.29. The van der Waals surface area contributed by atoms with Crippen molar-refractivity contribution in [3.8, 4) is 5.75 Å². The van der Waals surface area contributed by atoms with Crippen molar-refractivity contribution >= 4 is 0 Å². The lowest BCUT2D eigenvalue weighted by Crippen LogP contribution is -2.39. The molecule has 0 bridgehead atoms. The van der Waals surface area contributed by atoms with Crippen molar-refractivity contribution in [2.24, 2.45) is 0 Å². The molecule has 1 aliphatic rings. The van der Waals surface area contributed by atoms with Crippen LogP contribution in [0.4, 0.5) is 0 Å². The SMILES string of the molecule is CC1(Oc2ccncc2)CCC1. The maximum Gasteiger partial charge on any atom is 0.123 e. The van der Waals surface area contributed by atoms with Crippen LogP contribution in [0.2, 0.25) is 0 Å². The number of ether oxygens (including phenoxy) is 1. The van der Waals surface area contributed by atoms with Crippen molar-refractivity contribution in [3.63, 3.8) is 0 Å². The molecule has 0 aliphatic heterocycles. The summed E-state index contributed by atoms with van der Waals surface area (Å²) in [4.78, 5) is 3.94. The molecule has 0 spiro atoms. The molecule has 1 aromatic heterocycles. The average molecular weight is 163 g/mol. The highest BCUT2D eigenvalue weighted by atomic mass is 16.5. The summed E-state index contributed by atoms with van der Waals surface area (Å²) in [7, 11) is 0. The van der Waals surface area contributed by atoms with Crippen LogP contribution in [-0.4, -0.2) is 10.6 Å². The van der Waals surface area contributed by atoms with Crippen molar-refractivity contribution in [1.82, 2.24) is 4.98 Å². The predicted octanol–water partition coefficient (Wildman–Crippen LogP) is 2.40. The molecule has 0 N–H and O–H groups in total. The number of nitrogens with zero attached hydrogens (tertiary/aromatic N) is 1. The Labute approximate surface area is 72.6 Å². The van der Waals surface area contributed by atoms with Gasteiger partial charge in [0.2, 0.25) is 0 Å². The minimum Gasteiger partial charge on any atom is -0.487 e. The van der Waals surface area contributed by atoms with Crippen LogP contribution in [0.25, 0.3) is 0 Å². The fourth-order valence-corrected chi connectivity index (χ4v) is 1.47. The van der Waals surface area contributed by atoms with Gasteiger partial charge in [0.25, 0.3) is 0 Å². The molecule has 0 atom stereocenters. The van der Waals surface area contributed by atoms with Gasteiger partial charge in [-0.1, -0.05) is 0 Å². The first-order chi connectivity index (χ1) is 5.79. The molecule has 1 saturated carbocycles. The standard InChI is InChI=1S/C10H13NO/c1-10(5-2-6-10)12-9-3-7-11-8-4-9/h3-4,7-8H,2,5-6H2,1H3. The summed E-state index contributed by atoms with van der Waals surface area (Å²) in [5.74, 6) is 0.937. The van der Waals surface area contributed by atoms with Crippen LogP contribution in [0.3, 0.4) is 0 Å². The van der Waals surface area contributed by atoms with E-state index in [0.29, 0.717) is 0 Å². The molecule has 1 fully saturated rings. The van der Waals surface area contributed by atoms with Gasteiger partial charge < -0.3 is 4.74 Å². The van der Waals surface area contributed by atoms with Crippen LogP contribution in [0, 0.1) is 0 Å². The van der Waals surface area contributed by atoms with Gasteiger partial charge in [0.15, 0.2) is 0 Å². The summed E-state index contributed by atoms with van der Waals surface area (Å²) >= 11 is 0. The summed E-state index contributed by atoms with van der Waals surface area (Å²) in [6.07, 6.45) is 7.17. The molecule has 2 heteroatoms. The van der Waals surface area contributed by atoms with Crippen molar-refractivity contribution < 1.29 is 4.74 Å². The topological polar surface area (TPSA) is 22.1 Å². The van der Waals surface area contributed by atoms with E-state index in [9.17, 15) is 0 Å². The molecule has 1 aliphatic carbocycles. The van der Waals surface area contributed by atoms with Gasteiger partial charge in [-0.2, -0.15) is 0 Å². The third-order valence-electron chi connectivity index (χ3n) is 2.43. The molecule has 0 radical (unpaired) electrons. The Kier molecular flexibility index (Phi) is 1.75. The third kappa shape index (κ3) is 1.42. The number of hydrogen-bond acceptors (Lipinski definition) is 2. The Morgan fingerprint density at radius 1 is 1.33 bits per heavy atom. The van der Waals surface area contributed by atoms with Gasteiger partial charge in [-0.05, 0) is 38.3 Å². The Bertz CT molecular complexity index is 254. The Morgan fingerprint density at radius 3 is 2.50 bits per heavy atom. The van der Waals surface area contributed by atoms with Crippen LogP contribution in [0.5, 0.6) is 5.75 Å². The molecule has 2 nitrogen and oxygen atoms in total. The van der Waals surface area contributed by atoms with Crippen LogP contribution in [0.1, 0.15) is 26.2 Å². The molecule has 64 valence electrons. The maximum absolute atomic E-state index is 5.80. The molecule has 1 heterocycles. The second-order valence-electron chi connectivity index (χ2n) is 3.59. The molecule has 0 unspecified atom stereocenters. The Hall–Kier alpha value is -1.05. The van der Waals surface area contributed by atoms with E-state index in [-0.39, 0.29) is 5.60 Å². The highest BCUT2D eigenvalue weighted by Crippen LogP contribution is 2.35. The maximum atomic E-state index is 5.80. The number of pyridine rings is 1. The summed E-state index contributed by atoms with van der Waals surface area (Å²) in [5, 5.41) is 0. The van der Waals surface area contributed by atoms with E-state index < -0.39 is 0 Å². The predicted molar refractivity (Wildman–Crippen MR) is 47.1 cm³/mol. The highest BCUT2D eigenvalue weighted by molar-refractivity contribution is 5.18. The summed E-state index contributed by atoms with van der Waals surface area (Å²) in [5.41, 5.74) is 0.0986. The minimum atomic E-state index is 0.0986. The largest absolute Gasteiger partial charge is 0.487 e. The van der Waals surface area contributed by atoms with Gasteiger partial charge in [0.1, 0.15) is 11.4 Å². The van der Waals surface area contributed by atoms with Crippen molar-refractivity contribution in [2.45, 2.75) is 31.8 Å². The fraction of sp³-hybridized carbons (Fsp3) is 0.500. The van der Waals surface area contributed by atoms with E-state index in [1.807, 2.05) is 12.1 Å². The molecule has 12 heavy (non-hydrogen) atoms. The molecular formula is C10H13NO. The van der Waals surface area contributed by atoms with Crippen LogP contribution < -0.4 is 4.74 Å². The summed E-state index contributed by atoms with van der Waals surface area (Å²) < 4.78 is 5.80. The van der Waals surface area contributed by atoms with Gasteiger partial charge in [-0.25, -0.2) is 0 Å². The lowest BCUT2D eigenvalue weighted by Gasteiger charge is -2.38. The number of rotatable bonds is 2. The molecule has 0 aromatic carbocycles.